The molecule has 0 aliphatic heterocycles. The van der Waals surface area contributed by atoms with Crippen LogP contribution >= 0.6 is 11.3 Å². The van der Waals surface area contributed by atoms with Crippen LogP contribution < -0.4 is 5.32 Å². The highest BCUT2D eigenvalue weighted by Crippen LogP contribution is 2.37. The fourth-order valence-electron chi connectivity index (χ4n) is 2.69. The summed E-state index contributed by atoms with van der Waals surface area (Å²) in [6.07, 6.45) is 1.50. The Balaban J connectivity index is 1.95. The van der Waals surface area contributed by atoms with Gasteiger partial charge in [0, 0.05) is 11.1 Å². The lowest BCUT2D eigenvalue weighted by Gasteiger charge is -2.06. The number of pyridine rings is 1. The van der Waals surface area contributed by atoms with Crippen LogP contribution in [0.25, 0.3) is 20.4 Å². The lowest BCUT2D eigenvalue weighted by Crippen LogP contribution is -1.96. The molecule has 0 spiro atoms. The summed E-state index contributed by atoms with van der Waals surface area (Å²) in [4.78, 5) is 14.2. The van der Waals surface area contributed by atoms with Gasteiger partial charge in [0.25, 0.3) is 0 Å². The molecule has 0 saturated carbocycles. The molecule has 0 aliphatic carbocycles. The number of benzene rings is 1. The normalized spacial score (nSPS) is 11.3. The van der Waals surface area contributed by atoms with Crippen molar-refractivity contribution in [3.8, 4) is 0 Å². The molecule has 0 fully saturated rings. The average Bonchev–Trinajstić information content (AvgIpc) is 2.89. The van der Waals surface area contributed by atoms with E-state index in [0.717, 1.165) is 31.7 Å². The van der Waals surface area contributed by atoms with Gasteiger partial charge >= 0.3 is 0 Å². The van der Waals surface area contributed by atoms with Gasteiger partial charge in [0.1, 0.15) is 17.0 Å². The van der Waals surface area contributed by atoms with Gasteiger partial charge in [0.15, 0.2) is 5.82 Å². The van der Waals surface area contributed by atoms with Crippen LogP contribution in [0.3, 0.4) is 0 Å². The molecule has 1 N–H and O–H groups in total. The molecule has 0 unspecified atom stereocenters. The Morgan fingerprint density at radius 1 is 1.13 bits per heavy atom. The maximum Gasteiger partial charge on any atom is 0.152 e. The van der Waals surface area contributed by atoms with E-state index in [1.807, 2.05) is 13.0 Å². The fourth-order valence-corrected chi connectivity index (χ4v) is 3.88. The van der Waals surface area contributed by atoms with Gasteiger partial charge in [0.2, 0.25) is 0 Å². The summed E-state index contributed by atoms with van der Waals surface area (Å²) in [6.45, 7) is 4.02. The van der Waals surface area contributed by atoms with Crippen LogP contribution in [-0.4, -0.2) is 15.0 Å². The third-order valence-corrected chi connectivity index (χ3v) is 4.76. The number of aromatic nitrogens is 3. The van der Waals surface area contributed by atoms with Gasteiger partial charge in [-0.3, -0.25) is 0 Å². The smallest absolute Gasteiger partial charge is 0.152 e. The zero-order chi connectivity index (χ0) is 16.0. The molecule has 0 atom stereocenters. The Morgan fingerprint density at radius 3 is 2.78 bits per heavy atom. The highest BCUT2D eigenvalue weighted by molar-refractivity contribution is 7.26. The summed E-state index contributed by atoms with van der Waals surface area (Å²) in [7, 11) is 0. The molecule has 4 nitrogen and oxygen atoms in total. The number of aryl methyl sites for hydroxylation is 2. The largest absolute Gasteiger partial charge is 0.337 e. The van der Waals surface area contributed by atoms with Gasteiger partial charge in [-0.2, -0.15) is 0 Å². The molecule has 0 aliphatic rings. The summed E-state index contributed by atoms with van der Waals surface area (Å²) in [5.74, 6) is 0.283. The van der Waals surface area contributed by atoms with Crippen LogP contribution in [0.4, 0.5) is 15.9 Å². The summed E-state index contributed by atoms with van der Waals surface area (Å²) in [5, 5.41) is 4.10. The molecule has 4 rings (SSSR count). The SMILES string of the molecule is Cc1cc(C)c2c(n1)sc1c(Nc3ccccc3F)ncnc12. The van der Waals surface area contributed by atoms with E-state index in [4.69, 9.17) is 0 Å². The second-order valence-corrected chi connectivity index (χ2v) is 6.37. The Kier molecular flexibility index (Phi) is 3.20. The third-order valence-electron chi connectivity index (χ3n) is 3.68. The summed E-state index contributed by atoms with van der Waals surface area (Å²) in [5.41, 5.74) is 3.35. The molecule has 1 aromatic carbocycles. The molecule has 3 heterocycles. The first-order valence-corrected chi connectivity index (χ1v) is 7.98. The quantitative estimate of drug-likeness (QED) is 0.578. The van der Waals surface area contributed by atoms with Crippen molar-refractivity contribution in [1.29, 1.82) is 0 Å². The van der Waals surface area contributed by atoms with E-state index in [9.17, 15) is 4.39 Å². The first-order chi connectivity index (χ1) is 11.1. The van der Waals surface area contributed by atoms with Crippen molar-refractivity contribution >= 4 is 43.3 Å². The van der Waals surface area contributed by atoms with Gasteiger partial charge in [0.05, 0.1) is 15.9 Å². The van der Waals surface area contributed by atoms with Crippen molar-refractivity contribution in [2.75, 3.05) is 5.32 Å². The third kappa shape index (κ3) is 2.31. The summed E-state index contributed by atoms with van der Waals surface area (Å²) in [6, 6.07) is 8.58. The molecular formula is C17H13FN4S. The van der Waals surface area contributed by atoms with Crippen molar-refractivity contribution in [2.24, 2.45) is 0 Å². The van der Waals surface area contributed by atoms with E-state index in [2.05, 4.69) is 27.2 Å². The van der Waals surface area contributed by atoms with Crippen molar-refractivity contribution in [2.45, 2.75) is 13.8 Å². The molecular weight excluding hydrogens is 311 g/mol. The number of para-hydroxylation sites is 1. The molecule has 23 heavy (non-hydrogen) atoms. The van der Waals surface area contributed by atoms with Gasteiger partial charge in [-0.15, -0.1) is 11.3 Å². The van der Waals surface area contributed by atoms with Crippen LogP contribution in [0.5, 0.6) is 0 Å². The highest BCUT2D eigenvalue weighted by atomic mass is 32.1. The van der Waals surface area contributed by atoms with Gasteiger partial charge in [-0.25, -0.2) is 19.3 Å². The Labute approximate surface area is 136 Å². The number of nitrogens with one attached hydrogen (secondary N) is 1. The summed E-state index contributed by atoms with van der Waals surface area (Å²) >= 11 is 1.52. The van der Waals surface area contributed by atoms with Crippen molar-refractivity contribution in [3.63, 3.8) is 0 Å². The molecule has 0 radical (unpaired) electrons. The van der Waals surface area contributed by atoms with Gasteiger partial charge in [-0.1, -0.05) is 12.1 Å². The van der Waals surface area contributed by atoms with Crippen molar-refractivity contribution in [1.82, 2.24) is 15.0 Å². The van der Waals surface area contributed by atoms with E-state index >= 15 is 0 Å². The number of anilines is 2. The minimum Gasteiger partial charge on any atom is -0.337 e. The minimum absolute atomic E-state index is 0.314. The number of halogens is 1. The average molecular weight is 324 g/mol. The number of hydrogen-bond donors (Lipinski definition) is 1. The first-order valence-electron chi connectivity index (χ1n) is 7.16. The van der Waals surface area contributed by atoms with E-state index in [1.165, 1.54) is 23.7 Å². The van der Waals surface area contributed by atoms with E-state index < -0.39 is 0 Å². The molecule has 4 aromatic rings. The van der Waals surface area contributed by atoms with E-state index in [1.54, 1.807) is 18.2 Å². The zero-order valence-corrected chi connectivity index (χ0v) is 13.4. The van der Waals surface area contributed by atoms with Crippen molar-refractivity contribution < 1.29 is 4.39 Å². The second kappa shape index (κ2) is 5.24. The maximum atomic E-state index is 13.9. The predicted octanol–water partition coefficient (Wildman–Crippen LogP) is 4.74. The van der Waals surface area contributed by atoms with Crippen LogP contribution in [-0.2, 0) is 0 Å². The van der Waals surface area contributed by atoms with E-state index in [-0.39, 0.29) is 5.82 Å². The van der Waals surface area contributed by atoms with Crippen LogP contribution in [0.15, 0.2) is 36.7 Å². The first kappa shape index (κ1) is 14.0. The monoisotopic (exact) mass is 324 g/mol. The number of hydrogen-bond acceptors (Lipinski definition) is 5. The standard InChI is InChI=1S/C17H13FN4S/c1-9-7-10(2)21-17-13(9)14-15(23-17)16(20-8-19-14)22-12-6-4-3-5-11(12)18/h3-8H,1-2H3,(H,19,20,22). The molecule has 0 saturated heterocycles. The molecule has 114 valence electrons. The zero-order valence-electron chi connectivity index (χ0n) is 12.6. The Morgan fingerprint density at radius 2 is 1.96 bits per heavy atom. The number of thiophene rings is 1. The Bertz CT molecular complexity index is 1040. The summed E-state index contributed by atoms with van der Waals surface area (Å²) < 4.78 is 14.8. The number of fused-ring (bicyclic) bond motifs is 3. The highest BCUT2D eigenvalue weighted by Gasteiger charge is 2.15. The van der Waals surface area contributed by atoms with Gasteiger partial charge in [-0.05, 0) is 37.6 Å². The van der Waals surface area contributed by atoms with Crippen LogP contribution in [0, 0.1) is 19.7 Å². The topological polar surface area (TPSA) is 50.7 Å². The van der Waals surface area contributed by atoms with Gasteiger partial charge < -0.3 is 5.32 Å². The second-order valence-electron chi connectivity index (χ2n) is 5.37. The van der Waals surface area contributed by atoms with Crippen LogP contribution in [0.2, 0.25) is 0 Å². The van der Waals surface area contributed by atoms with Crippen molar-refractivity contribution in [3.05, 3.63) is 53.7 Å². The number of rotatable bonds is 2. The Hall–Kier alpha value is -2.60. The van der Waals surface area contributed by atoms with Crippen LogP contribution in [0.1, 0.15) is 11.3 Å². The molecule has 0 bridgehead atoms. The molecule has 0 amide bonds. The fraction of sp³-hybridized carbons (Fsp3) is 0.118. The van der Waals surface area contributed by atoms with E-state index in [0.29, 0.717) is 11.5 Å². The molecule has 6 heteroatoms. The predicted molar refractivity (Wildman–Crippen MR) is 91.9 cm³/mol. The minimum atomic E-state index is -0.314. The molecule has 3 aromatic heterocycles. The maximum absolute atomic E-state index is 13.9. The lowest BCUT2D eigenvalue weighted by molar-refractivity contribution is 0.632. The lowest BCUT2D eigenvalue weighted by atomic mass is 10.1. The number of nitrogens with zero attached hydrogens (tertiary/aromatic N) is 3.